The monoisotopic (exact) mass is 381 g/mol. The molecule has 1 amide bonds. The highest BCUT2D eigenvalue weighted by atomic mass is 16.6. The molecule has 0 saturated heterocycles. The van der Waals surface area contributed by atoms with Crippen LogP contribution >= 0.6 is 0 Å². The van der Waals surface area contributed by atoms with Gasteiger partial charge in [-0.1, -0.05) is 18.2 Å². The Bertz CT molecular complexity index is 1040. The van der Waals surface area contributed by atoms with Crippen LogP contribution in [-0.4, -0.2) is 31.7 Å². The lowest BCUT2D eigenvalue weighted by Crippen LogP contribution is -2.20. The SMILES string of the molecule is CCOCCOC(=O)c1ccc(NC(=O)c2cc3ccccc3oc2=O)cc1. The number of carbonyl (C=O) groups excluding carboxylic acids is 2. The lowest BCUT2D eigenvalue weighted by atomic mass is 10.1. The fraction of sp³-hybridized carbons (Fsp3) is 0.190. The Balaban J connectivity index is 1.67. The molecule has 0 atom stereocenters. The maximum absolute atomic E-state index is 12.4. The molecule has 144 valence electrons. The highest BCUT2D eigenvalue weighted by Crippen LogP contribution is 2.15. The molecule has 0 radical (unpaired) electrons. The van der Waals surface area contributed by atoms with Crippen LogP contribution < -0.4 is 10.9 Å². The van der Waals surface area contributed by atoms with Crippen molar-refractivity contribution < 1.29 is 23.5 Å². The Morgan fingerprint density at radius 1 is 1.04 bits per heavy atom. The minimum atomic E-state index is -0.717. The second-order valence-electron chi connectivity index (χ2n) is 5.85. The number of hydrogen-bond donors (Lipinski definition) is 1. The van der Waals surface area contributed by atoms with Crippen LogP contribution in [0.15, 0.2) is 63.8 Å². The van der Waals surface area contributed by atoms with Gasteiger partial charge in [0.25, 0.3) is 5.91 Å². The quantitative estimate of drug-likeness (QED) is 0.384. The summed E-state index contributed by atoms with van der Waals surface area (Å²) < 4.78 is 15.3. The van der Waals surface area contributed by atoms with Crippen LogP contribution in [0, 0.1) is 0 Å². The Hall–Kier alpha value is -3.45. The average Bonchev–Trinajstić information content (AvgIpc) is 2.71. The van der Waals surface area contributed by atoms with Crippen LogP contribution in [0.4, 0.5) is 5.69 Å². The second kappa shape index (κ2) is 8.96. The number of para-hydroxylation sites is 1. The van der Waals surface area contributed by atoms with E-state index < -0.39 is 17.5 Å². The van der Waals surface area contributed by atoms with E-state index in [1.54, 1.807) is 36.4 Å². The Labute approximate surface area is 160 Å². The summed E-state index contributed by atoms with van der Waals surface area (Å²) in [5.74, 6) is -1.07. The van der Waals surface area contributed by atoms with E-state index in [1.165, 1.54) is 18.2 Å². The maximum Gasteiger partial charge on any atom is 0.349 e. The van der Waals surface area contributed by atoms with Gasteiger partial charge in [-0.25, -0.2) is 9.59 Å². The van der Waals surface area contributed by atoms with E-state index in [2.05, 4.69) is 5.32 Å². The molecule has 1 heterocycles. The summed E-state index contributed by atoms with van der Waals surface area (Å²) in [5.41, 5.74) is 0.378. The fourth-order valence-corrected chi connectivity index (χ4v) is 2.53. The fourth-order valence-electron chi connectivity index (χ4n) is 2.53. The van der Waals surface area contributed by atoms with Crippen LogP contribution in [0.25, 0.3) is 11.0 Å². The summed E-state index contributed by atoms with van der Waals surface area (Å²) in [6, 6.07) is 14.6. The van der Waals surface area contributed by atoms with Gasteiger partial charge in [-0.05, 0) is 43.3 Å². The van der Waals surface area contributed by atoms with Crippen molar-refractivity contribution in [1.29, 1.82) is 0 Å². The molecule has 7 nitrogen and oxygen atoms in total. The summed E-state index contributed by atoms with van der Waals surface area (Å²) in [7, 11) is 0. The van der Waals surface area contributed by atoms with E-state index in [0.717, 1.165) is 0 Å². The third-order valence-electron chi connectivity index (χ3n) is 3.93. The summed E-state index contributed by atoms with van der Waals surface area (Å²) >= 11 is 0. The lowest BCUT2D eigenvalue weighted by Gasteiger charge is -2.07. The largest absolute Gasteiger partial charge is 0.460 e. The molecule has 3 rings (SSSR count). The normalized spacial score (nSPS) is 10.6. The molecule has 28 heavy (non-hydrogen) atoms. The van der Waals surface area contributed by atoms with Gasteiger partial charge in [0.15, 0.2) is 0 Å². The average molecular weight is 381 g/mol. The Morgan fingerprint density at radius 2 is 1.79 bits per heavy atom. The summed E-state index contributed by atoms with van der Waals surface area (Å²) in [6.07, 6.45) is 0. The molecule has 3 aromatic rings. The Kier molecular flexibility index (Phi) is 6.18. The zero-order valence-electron chi connectivity index (χ0n) is 15.3. The van der Waals surface area contributed by atoms with Crippen LogP contribution in [0.2, 0.25) is 0 Å². The molecular formula is C21H19NO6. The highest BCUT2D eigenvalue weighted by Gasteiger charge is 2.14. The van der Waals surface area contributed by atoms with Gasteiger partial charge in [-0.2, -0.15) is 0 Å². The first-order valence-electron chi connectivity index (χ1n) is 8.77. The van der Waals surface area contributed by atoms with Gasteiger partial charge in [0, 0.05) is 17.7 Å². The molecule has 0 aliphatic rings. The summed E-state index contributed by atoms with van der Waals surface area (Å²) in [5, 5.41) is 3.27. The van der Waals surface area contributed by atoms with E-state index in [1.807, 2.05) is 6.92 Å². The van der Waals surface area contributed by atoms with Crippen molar-refractivity contribution >= 4 is 28.5 Å². The van der Waals surface area contributed by atoms with Crippen LogP contribution in [0.3, 0.4) is 0 Å². The van der Waals surface area contributed by atoms with Crippen molar-refractivity contribution in [2.24, 2.45) is 0 Å². The lowest BCUT2D eigenvalue weighted by molar-refractivity contribution is 0.0335. The van der Waals surface area contributed by atoms with E-state index >= 15 is 0 Å². The van der Waals surface area contributed by atoms with Crippen LogP contribution in [0.1, 0.15) is 27.6 Å². The minimum absolute atomic E-state index is 0.0990. The van der Waals surface area contributed by atoms with Gasteiger partial charge in [0.05, 0.1) is 12.2 Å². The van der Waals surface area contributed by atoms with Gasteiger partial charge in [-0.3, -0.25) is 4.79 Å². The maximum atomic E-state index is 12.4. The van der Waals surface area contributed by atoms with Crippen molar-refractivity contribution in [1.82, 2.24) is 0 Å². The number of carbonyl (C=O) groups is 2. The van der Waals surface area contributed by atoms with Gasteiger partial charge >= 0.3 is 11.6 Å². The molecule has 0 aliphatic carbocycles. The van der Waals surface area contributed by atoms with Crippen molar-refractivity contribution in [3.05, 3.63) is 76.1 Å². The molecule has 0 unspecified atom stereocenters. The van der Waals surface area contributed by atoms with Gasteiger partial charge in [0.1, 0.15) is 17.8 Å². The van der Waals surface area contributed by atoms with Crippen molar-refractivity contribution in [3.8, 4) is 0 Å². The number of amides is 1. The number of ether oxygens (including phenoxy) is 2. The van der Waals surface area contributed by atoms with E-state index in [-0.39, 0.29) is 12.2 Å². The molecule has 0 aliphatic heterocycles. The molecular weight excluding hydrogens is 362 g/mol. The zero-order chi connectivity index (χ0) is 19.9. The number of rotatable bonds is 7. The van der Waals surface area contributed by atoms with Crippen molar-refractivity contribution in [3.63, 3.8) is 0 Å². The van der Waals surface area contributed by atoms with E-state index in [9.17, 15) is 14.4 Å². The first-order chi connectivity index (χ1) is 13.6. The number of anilines is 1. The molecule has 2 aromatic carbocycles. The molecule has 0 fully saturated rings. The molecule has 0 spiro atoms. The second-order valence-corrected chi connectivity index (χ2v) is 5.85. The zero-order valence-corrected chi connectivity index (χ0v) is 15.3. The Morgan fingerprint density at radius 3 is 2.54 bits per heavy atom. The smallest absolute Gasteiger partial charge is 0.349 e. The number of benzene rings is 2. The predicted molar refractivity (Wildman–Crippen MR) is 104 cm³/mol. The topological polar surface area (TPSA) is 94.8 Å². The summed E-state index contributed by atoms with van der Waals surface area (Å²) in [4.78, 5) is 36.4. The van der Waals surface area contributed by atoms with Crippen molar-refractivity contribution in [2.45, 2.75) is 6.92 Å². The molecule has 0 saturated carbocycles. The van der Waals surface area contributed by atoms with Gasteiger partial charge < -0.3 is 19.2 Å². The molecule has 0 bridgehead atoms. The van der Waals surface area contributed by atoms with Gasteiger partial charge in [0.2, 0.25) is 0 Å². The van der Waals surface area contributed by atoms with Gasteiger partial charge in [-0.15, -0.1) is 0 Å². The number of hydrogen-bond acceptors (Lipinski definition) is 6. The third kappa shape index (κ3) is 4.63. The number of fused-ring (bicyclic) bond motifs is 1. The van der Waals surface area contributed by atoms with Crippen LogP contribution in [0.5, 0.6) is 0 Å². The number of nitrogens with one attached hydrogen (secondary N) is 1. The molecule has 7 heteroatoms. The minimum Gasteiger partial charge on any atom is -0.460 e. The summed E-state index contributed by atoms with van der Waals surface area (Å²) in [6.45, 7) is 2.92. The molecule has 1 aromatic heterocycles. The van der Waals surface area contributed by atoms with E-state index in [4.69, 9.17) is 13.9 Å². The molecule has 1 N–H and O–H groups in total. The highest BCUT2D eigenvalue weighted by molar-refractivity contribution is 6.05. The third-order valence-corrected chi connectivity index (χ3v) is 3.93. The first-order valence-corrected chi connectivity index (χ1v) is 8.77. The first kappa shape index (κ1) is 19.3. The standard InChI is InChI=1S/C21H19NO6/c1-2-26-11-12-27-20(24)14-7-9-16(10-8-14)22-19(23)17-13-15-5-3-4-6-18(15)28-21(17)25/h3-10,13H,2,11-12H2,1H3,(H,22,23). The van der Waals surface area contributed by atoms with Crippen LogP contribution in [-0.2, 0) is 9.47 Å². The number of esters is 1. The van der Waals surface area contributed by atoms with E-state index in [0.29, 0.717) is 35.4 Å². The predicted octanol–water partition coefficient (Wildman–Crippen LogP) is 3.24. The van der Waals surface area contributed by atoms with Crippen molar-refractivity contribution in [2.75, 3.05) is 25.1 Å².